The van der Waals surface area contributed by atoms with Crippen molar-refractivity contribution in [1.82, 2.24) is 20.5 Å². The standard InChI is InChI=1S/C23H31N5O4/c1-14-2-3-15(13-24-14)10-22(30)26-21-12-20(27-28-21)16-4-9-19(11-16)32-23(31)25-17-5-7-18(29)8-6-17/h2-3,12-13,16-19,29H,4-11H2,1H3,(H,25,31)(H2,26,27,28,30)/t16-,17?,18?,19+/m1/s1. The zero-order chi connectivity index (χ0) is 22.5. The molecule has 2 fully saturated rings. The number of H-pyrrole nitrogens is 1. The fourth-order valence-electron chi connectivity index (χ4n) is 4.49. The van der Waals surface area contributed by atoms with Crippen molar-refractivity contribution >= 4 is 17.8 Å². The Labute approximate surface area is 187 Å². The molecule has 172 valence electrons. The van der Waals surface area contributed by atoms with E-state index in [1.165, 1.54) is 0 Å². The summed E-state index contributed by atoms with van der Waals surface area (Å²) in [5.41, 5.74) is 2.70. The molecule has 0 saturated heterocycles. The summed E-state index contributed by atoms with van der Waals surface area (Å²) >= 11 is 0. The molecule has 2 heterocycles. The van der Waals surface area contributed by atoms with Gasteiger partial charge >= 0.3 is 6.09 Å². The van der Waals surface area contributed by atoms with Crippen molar-refractivity contribution in [3.63, 3.8) is 0 Å². The average molecular weight is 442 g/mol. The van der Waals surface area contributed by atoms with Gasteiger partial charge in [0.15, 0.2) is 5.82 Å². The number of nitrogens with one attached hydrogen (secondary N) is 3. The summed E-state index contributed by atoms with van der Waals surface area (Å²) in [7, 11) is 0. The Kier molecular flexibility index (Phi) is 7.04. The van der Waals surface area contributed by atoms with Gasteiger partial charge in [0.1, 0.15) is 6.10 Å². The second kappa shape index (κ2) is 10.1. The van der Waals surface area contributed by atoms with Crippen LogP contribution < -0.4 is 10.6 Å². The Morgan fingerprint density at radius 3 is 2.75 bits per heavy atom. The summed E-state index contributed by atoms with van der Waals surface area (Å²) in [5.74, 6) is 0.553. The van der Waals surface area contributed by atoms with E-state index < -0.39 is 0 Å². The number of aliphatic hydroxyl groups is 1. The van der Waals surface area contributed by atoms with Gasteiger partial charge in [0.25, 0.3) is 0 Å². The molecule has 9 heteroatoms. The fourth-order valence-corrected chi connectivity index (χ4v) is 4.49. The highest BCUT2D eigenvalue weighted by atomic mass is 16.6. The van der Waals surface area contributed by atoms with Crippen molar-refractivity contribution in [1.29, 1.82) is 0 Å². The molecule has 32 heavy (non-hydrogen) atoms. The van der Waals surface area contributed by atoms with Crippen LogP contribution in [0, 0.1) is 6.92 Å². The number of carbonyl (C=O) groups excluding carboxylic acids is 2. The lowest BCUT2D eigenvalue weighted by Crippen LogP contribution is -2.40. The van der Waals surface area contributed by atoms with E-state index in [0.717, 1.165) is 61.9 Å². The number of aryl methyl sites for hydroxylation is 1. The number of carbonyl (C=O) groups is 2. The molecule has 0 bridgehead atoms. The van der Waals surface area contributed by atoms with Crippen LogP contribution in [0.2, 0.25) is 0 Å². The van der Waals surface area contributed by atoms with Gasteiger partial charge < -0.3 is 20.5 Å². The van der Waals surface area contributed by atoms with Crippen LogP contribution in [0.5, 0.6) is 0 Å². The molecule has 2 saturated carbocycles. The number of ether oxygens (including phenoxy) is 1. The van der Waals surface area contributed by atoms with E-state index in [9.17, 15) is 14.7 Å². The molecule has 0 radical (unpaired) electrons. The highest BCUT2D eigenvalue weighted by molar-refractivity contribution is 5.91. The van der Waals surface area contributed by atoms with Crippen LogP contribution in [0.15, 0.2) is 24.4 Å². The third kappa shape index (κ3) is 6.06. The van der Waals surface area contributed by atoms with Crippen LogP contribution in [-0.4, -0.2) is 50.5 Å². The molecular formula is C23H31N5O4. The summed E-state index contributed by atoms with van der Waals surface area (Å²) < 4.78 is 5.62. The molecule has 2 aliphatic rings. The summed E-state index contributed by atoms with van der Waals surface area (Å²) in [4.78, 5) is 28.7. The van der Waals surface area contributed by atoms with Crippen molar-refractivity contribution in [3.8, 4) is 0 Å². The number of amides is 2. The monoisotopic (exact) mass is 441 g/mol. The first-order valence-corrected chi connectivity index (χ1v) is 11.4. The smallest absolute Gasteiger partial charge is 0.407 e. The van der Waals surface area contributed by atoms with Gasteiger partial charge in [-0.15, -0.1) is 0 Å². The van der Waals surface area contributed by atoms with Crippen molar-refractivity contribution in [2.45, 2.75) is 82.5 Å². The zero-order valence-electron chi connectivity index (χ0n) is 18.3. The molecular weight excluding hydrogens is 410 g/mol. The number of hydrogen-bond acceptors (Lipinski definition) is 6. The largest absolute Gasteiger partial charge is 0.446 e. The van der Waals surface area contributed by atoms with Crippen LogP contribution in [0.25, 0.3) is 0 Å². The number of alkyl carbamates (subject to hydrolysis) is 1. The minimum absolute atomic E-state index is 0.0811. The Hall–Kier alpha value is -2.94. The van der Waals surface area contributed by atoms with Crippen LogP contribution in [-0.2, 0) is 16.0 Å². The molecule has 0 unspecified atom stereocenters. The van der Waals surface area contributed by atoms with E-state index in [4.69, 9.17) is 4.74 Å². The molecule has 2 aromatic rings. The van der Waals surface area contributed by atoms with Gasteiger partial charge in [0.05, 0.1) is 12.5 Å². The van der Waals surface area contributed by atoms with Gasteiger partial charge in [0, 0.05) is 35.6 Å². The van der Waals surface area contributed by atoms with Crippen molar-refractivity contribution in [3.05, 3.63) is 41.3 Å². The highest BCUT2D eigenvalue weighted by Gasteiger charge is 2.31. The second-order valence-corrected chi connectivity index (χ2v) is 8.93. The fraction of sp³-hybridized carbons (Fsp3) is 0.565. The topological polar surface area (TPSA) is 129 Å². The van der Waals surface area contributed by atoms with Crippen LogP contribution in [0.1, 0.15) is 67.8 Å². The van der Waals surface area contributed by atoms with Crippen LogP contribution in [0.3, 0.4) is 0 Å². The predicted molar refractivity (Wildman–Crippen MR) is 118 cm³/mol. The molecule has 9 nitrogen and oxygen atoms in total. The molecule has 0 aliphatic heterocycles. The molecule has 2 atom stereocenters. The first-order valence-electron chi connectivity index (χ1n) is 11.4. The van der Waals surface area contributed by atoms with Gasteiger partial charge in [0.2, 0.25) is 5.91 Å². The van der Waals surface area contributed by atoms with E-state index in [2.05, 4.69) is 25.8 Å². The van der Waals surface area contributed by atoms with Gasteiger partial charge in [-0.25, -0.2) is 4.79 Å². The Balaban J connectivity index is 1.22. The first-order chi connectivity index (χ1) is 15.4. The molecule has 2 amide bonds. The third-order valence-electron chi connectivity index (χ3n) is 6.32. The van der Waals surface area contributed by atoms with Gasteiger partial charge in [-0.2, -0.15) is 5.10 Å². The normalized spacial score (nSPS) is 25.3. The Bertz CT molecular complexity index is 921. The van der Waals surface area contributed by atoms with Crippen molar-refractivity contribution in [2.24, 2.45) is 0 Å². The quantitative estimate of drug-likeness (QED) is 0.545. The summed E-state index contributed by atoms with van der Waals surface area (Å²) in [6, 6.07) is 5.71. The molecule has 2 aromatic heterocycles. The maximum absolute atomic E-state index is 12.3. The number of aromatic amines is 1. The van der Waals surface area contributed by atoms with E-state index >= 15 is 0 Å². The van der Waals surface area contributed by atoms with Crippen molar-refractivity contribution in [2.75, 3.05) is 5.32 Å². The predicted octanol–water partition coefficient (Wildman–Crippen LogP) is 2.96. The van der Waals surface area contributed by atoms with Crippen LogP contribution >= 0.6 is 0 Å². The minimum atomic E-state index is -0.375. The third-order valence-corrected chi connectivity index (χ3v) is 6.32. The Morgan fingerprint density at radius 2 is 2.00 bits per heavy atom. The minimum Gasteiger partial charge on any atom is -0.446 e. The number of hydrogen-bond donors (Lipinski definition) is 4. The maximum atomic E-state index is 12.3. The number of aromatic nitrogens is 3. The average Bonchev–Trinajstić information content (AvgIpc) is 3.41. The van der Waals surface area contributed by atoms with E-state index in [1.54, 1.807) is 6.20 Å². The van der Waals surface area contributed by atoms with Gasteiger partial charge in [-0.1, -0.05) is 6.07 Å². The zero-order valence-corrected chi connectivity index (χ0v) is 18.3. The number of anilines is 1. The summed E-state index contributed by atoms with van der Waals surface area (Å²) in [5, 5.41) is 22.5. The van der Waals surface area contributed by atoms with E-state index in [0.29, 0.717) is 5.82 Å². The Morgan fingerprint density at radius 1 is 1.19 bits per heavy atom. The first kappa shape index (κ1) is 22.3. The number of rotatable bonds is 6. The van der Waals surface area contributed by atoms with Crippen molar-refractivity contribution < 1.29 is 19.4 Å². The van der Waals surface area contributed by atoms with Crippen LogP contribution in [0.4, 0.5) is 10.6 Å². The van der Waals surface area contributed by atoms with Gasteiger partial charge in [-0.05, 0) is 63.5 Å². The number of nitrogens with zero attached hydrogens (tertiary/aromatic N) is 2. The van der Waals surface area contributed by atoms with E-state index in [-0.39, 0.29) is 42.6 Å². The lowest BCUT2D eigenvalue weighted by molar-refractivity contribution is -0.115. The summed E-state index contributed by atoms with van der Waals surface area (Å²) in [6.07, 6.45) is 6.60. The molecule has 4 N–H and O–H groups in total. The molecule has 0 aromatic carbocycles. The highest BCUT2D eigenvalue weighted by Crippen LogP contribution is 2.36. The lowest BCUT2D eigenvalue weighted by atomic mass is 9.93. The number of aliphatic hydroxyl groups excluding tert-OH is 1. The second-order valence-electron chi connectivity index (χ2n) is 8.93. The number of pyridine rings is 1. The van der Waals surface area contributed by atoms with E-state index in [1.807, 2.05) is 25.1 Å². The molecule has 0 spiro atoms. The summed E-state index contributed by atoms with van der Waals surface area (Å²) in [6.45, 7) is 1.91. The SMILES string of the molecule is Cc1ccc(CC(=O)Nc2cc([C@@H]3CC[C@H](OC(=O)NC4CCC(O)CC4)C3)[nH]n2)cn1. The lowest BCUT2D eigenvalue weighted by Gasteiger charge is -2.26. The maximum Gasteiger partial charge on any atom is 0.407 e. The molecule has 4 rings (SSSR count). The van der Waals surface area contributed by atoms with Gasteiger partial charge in [-0.3, -0.25) is 14.9 Å². The molecule has 2 aliphatic carbocycles.